The van der Waals surface area contributed by atoms with E-state index in [0.717, 1.165) is 38.8 Å². The summed E-state index contributed by atoms with van der Waals surface area (Å²) < 4.78 is 0. The fourth-order valence-corrected chi connectivity index (χ4v) is 2.30. The van der Waals surface area contributed by atoms with E-state index in [-0.39, 0.29) is 0 Å². The maximum atomic E-state index is 10.3. The molecule has 0 aliphatic carbocycles. The van der Waals surface area contributed by atoms with Crippen LogP contribution in [0.5, 0.6) is 0 Å². The maximum absolute atomic E-state index is 10.3. The minimum Gasteiger partial charge on any atom is -0.389 e. The van der Waals surface area contributed by atoms with Crippen LogP contribution in [-0.2, 0) is 6.42 Å². The molecule has 2 rings (SSSR count). The molecule has 0 aromatic heterocycles. The van der Waals surface area contributed by atoms with Gasteiger partial charge in [0, 0.05) is 6.54 Å². The number of hydrogen-bond acceptors (Lipinski definition) is 2. The van der Waals surface area contributed by atoms with E-state index in [1.807, 2.05) is 0 Å². The first-order chi connectivity index (χ1) is 7.68. The Kier molecular flexibility index (Phi) is 3.62. The van der Waals surface area contributed by atoms with Crippen LogP contribution >= 0.6 is 0 Å². The fourth-order valence-electron chi connectivity index (χ4n) is 2.30. The Morgan fingerprint density at radius 3 is 2.69 bits per heavy atom. The maximum Gasteiger partial charge on any atom is 0.0775 e. The molecule has 1 aromatic carbocycles. The summed E-state index contributed by atoms with van der Waals surface area (Å²) in [4.78, 5) is 0. The Labute approximate surface area is 97.7 Å². The molecule has 2 nitrogen and oxygen atoms in total. The standard InChI is InChI=1S/C14H21NO/c1-12-3-5-13(6-4-12)7-9-14(16)8-2-10-15-11-14/h3-6,15-16H,2,7-11H2,1H3. The van der Waals surface area contributed by atoms with Crippen molar-refractivity contribution < 1.29 is 5.11 Å². The molecule has 0 bridgehead atoms. The van der Waals surface area contributed by atoms with Gasteiger partial charge < -0.3 is 10.4 Å². The van der Waals surface area contributed by atoms with Gasteiger partial charge in [0.05, 0.1) is 5.60 Å². The van der Waals surface area contributed by atoms with Crippen molar-refractivity contribution >= 4 is 0 Å². The summed E-state index contributed by atoms with van der Waals surface area (Å²) >= 11 is 0. The summed E-state index contributed by atoms with van der Waals surface area (Å²) in [6, 6.07) is 8.60. The van der Waals surface area contributed by atoms with E-state index in [2.05, 4.69) is 36.5 Å². The summed E-state index contributed by atoms with van der Waals surface area (Å²) in [6.45, 7) is 3.90. The second-order valence-electron chi connectivity index (χ2n) is 4.99. The van der Waals surface area contributed by atoms with Crippen molar-refractivity contribution in [2.45, 2.75) is 38.2 Å². The fraction of sp³-hybridized carbons (Fsp3) is 0.571. The highest BCUT2D eigenvalue weighted by Crippen LogP contribution is 2.22. The van der Waals surface area contributed by atoms with Crippen molar-refractivity contribution in [2.75, 3.05) is 13.1 Å². The third-order valence-corrected chi connectivity index (χ3v) is 3.45. The quantitative estimate of drug-likeness (QED) is 0.815. The lowest BCUT2D eigenvalue weighted by molar-refractivity contribution is 0.00888. The molecule has 1 unspecified atom stereocenters. The van der Waals surface area contributed by atoms with E-state index in [0.29, 0.717) is 0 Å². The number of nitrogens with one attached hydrogen (secondary N) is 1. The molecule has 1 fully saturated rings. The molecular weight excluding hydrogens is 198 g/mol. The van der Waals surface area contributed by atoms with Crippen LogP contribution in [0.1, 0.15) is 30.4 Å². The van der Waals surface area contributed by atoms with Gasteiger partial charge in [-0.1, -0.05) is 29.8 Å². The van der Waals surface area contributed by atoms with E-state index in [9.17, 15) is 5.11 Å². The highest BCUT2D eigenvalue weighted by molar-refractivity contribution is 5.21. The van der Waals surface area contributed by atoms with Crippen molar-refractivity contribution in [3.05, 3.63) is 35.4 Å². The first kappa shape index (κ1) is 11.6. The molecule has 88 valence electrons. The van der Waals surface area contributed by atoms with Gasteiger partial charge in [-0.3, -0.25) is 0 Å². The van der Waals surface area contributed by atoms with Crippen molar-refractivity contribution in [2.24, 2.45) is 0 Å². The van der Waals surface area contributed by atoms with Gasteiger partial charge in [-0.2, -0.15) is 0 Å². The van der Waals surface area contributed by atoms with Crippen LogP contribution in [0, 0.1) is 6.92 Å². The summed E-state index contributed by atoms with van der Waals surface area (Å²) in [7, 11) is 0. The third-order valence-electron chi connectivity index (χ3n) is 3.45. The molecule has 0 amide bonds. The molecule has 0 spiro atoms. The van der Waals surface area contributed by atoms with E-state index < -0.39 is 5.60 Å². The molecule has 0 saturated carbocycles. The number of rotatable bonds is 3. The molecule has 1 saturated heterocycles. The van der Waals surface area contributed by atoms with E-state index in [1.165, 1.54) is 11.1 Å². The van der Waals surface area contributed by atoms with Crippen LogP contribution in [0.25, 0.3) is 0 Å². The first-order valence-electron chi connectivity index (χ1n) is 6.17. The number of benzene rings is 1. The number of aliphatic hydroxyl groups is 1. The zero-order chi connectivity index (χ0) is 11.4. The topological polar surface area (TPSA) is 32.3 Å². The normalized spacial score (nSPS) is 25.6. The van der Waals surface area contributed by atoms with Crippen LogP contribution in [0.4, 0.5) is 0 Å². The minimum absolute atomic E-state index is 0.483. The van der Waals surface area contributed by atoms with Crippen LogP contribution in [0.3, 0.4) is 0 Å². The monoisotopic (exact) mass is 219 g/mol. The molecule has 1 aromatic rings. The Morgan fingerprint density at radius 1 is 1.31 bits per heavy atom. The molecule has 2 heteroatoms. The molecule has 16 heavy (non-hydrogen) atoms. The SMILES string of the molecule is Cc1ccc(CCC2(O)CCCNC2)cc1. The Morgan fingerprint density at radius 2 is 2.06 bits per heavy atom. The van der Waals surface area contributed by atoms with Gasteiger partial charge in [-0.25, -0.2) is 0 Å². The Hall–Kier alpha value is -0.860. The van der Waals surface area contributed by atoms with Gasteiger partial charge in [0.2, 0.25) is 0 Å². The van der Waals surface area contributed by atoms with Crippen molar-refractivity contribution in [1.82, 2.24) is 5.32 Å². The predicted octanol–water partition coefficient (Wildman–Crippen LogP) is 2.04. The number of piperidine rings is 1. The zero-order valence-corrected chi connectivity index (χ0v) is 10.00. The molecule has 1 heterocycles. The summed E-state index contributed by atoms with van der Waals surface area (Å²) in [5.74, 6) is 0. The Balaban J connectivity index is 1.88. The highest BCUT2D eigenvalue weighted by Gasteiger charge is 2.28. The molecular formula is C14H21NO. The molecule has 2 N–H and O–H groups in total. The minimum atomic E-state index is -0.483. The molecule has 1 aliphatic rings. The van der Waals surface area contributed by atoms with Crippen LogP contribution in [-0.4, -0.2) is 23.8 Å². The average Bonchev–Trinajstić information content (AvgIpc) is 2.29. The predicted molar refractivity (Wildman–Crippen MR) is 66.6 cm³/mol. The van der Waals surface area contributed by atoms with E-state index >= 15 is 0 Å². The summed E-state index contributed by atoms with van der Waals surface area (Å²) in [5, 5.41) is 13.6. The second-order valence-corrected chi connectivity index (χ2v) is 4.99. The molecule has 0 radical (unpaired) electrons. The van der Waals surface area contributed by atoms with E-state index in [4.69, 9.17) is 0 Å². The van der Waals surface area contributed by atoms with Gasteiger partial charge >= 0.3 is 0 Å². The van der Waals surface area contributed by atoms with Gasteiger partial charge in [-0.05, 0) is 44.7 Å². The molecule has 1 atom stereocenters. The van der Waals surface area contributed by atoms with Crippen LogP contribution in [0.2, 0.25) is 0 Å². The largest absolute Gasteiger partial charge is 0.389 e. The lowest BCUT2D eigenvalue weighted by Gasteiger charge is -2.32. The van der Waals surface area contributed by atoms with Crippen molar-refractivity contribution in [3.8, 4) is 0 Å². The van der Waals surface area contributed by atoms with Gasteiger partial charge in [0.1, 0.15) is 0 Å². The van der Waals surface area contributed by atoms with Crippen molar-refractivity contribution in [1.29, 1.82) is 0 Å². The van der Waals surface area contributed by atoms with Gasteiger partial charge in [-0.15, -0.1) is 0 Å². The molecule has 1 aliphatic heterocycles. The lowest BCUT2D eigenvalue weighted by Crippen LogP contribution is -2.45. The van der Waals surface area contributed by atoms with Crippen LogP contribution < -0.4 is 5.32 Å². The average molecular weight is 219 g/mol. The second kappa shape index (κ2) is 4.98. The number of aryl methyl sites for hydroxylation is 2. The number of hydrogen-bond donors (Lipinski definition) is 2. The lowest BCUT2D eigenvalue weighted by atomic mass is 9.88. The summed E-state index contributed by atoms with van der Waals surface area (Å²) in [5.41, 5.74) is 2.13. The van der Waals surface area contributed by atoms with Crippen LogP contribution in [0.15, 0.2) is 24.3 Å². The first-order valence-corrected chi connectivity index (χ1v) is 6.17. The Bertz CT molecular complexity index is 325. The zero-order valence-electron chi connectivity index (χ0n) is 10.00. The van der Waals surface area contributed by atoms with Gasteiger partial charge in [0.15, 0.2) is 0 Å². The van der Waals surface area contributed by atoms with Crippen molar-refractivity contribution in [3.63, 3.8) is 0 Å². The van der Waals surface area contributed by atoms with E-state index in [1.54, 1.807) is 0 Å². The third kappa shape index (κ3) is 3.06. The number of β-amino-alcohol motifs (C(OH)–C–C–N with tert-alkyl or cyclic N) is 1. The highest BCUT2D eigenvalue weighted by atomic mass is 16.3. The smallest absolute Gasteiger partial charge is 0.0775 e. The van der Waals surface area contributed by atoms with Gasteiger partial charge in [0.25, 0.3) is 0 Å². The summed E-state index contributed by atoms with van der Waals surface area (Å²) in [6.07, 6.45) is 3.86.